The third kappa shape index (κ3) is 5.16. The highest BCUT2D eigenvalue weighted by Crippen LogP contribution is 2.32. The smallest absolute Gasteiger partial charge is 0.264 e. The minimum atomic E-state index is -0.0414. The number of hydrogen-bond donors (Lipinski definition) is 1. The maximum Gasteiger partial charge on any atom is 0.264 e. The molecule has 2 aromatic rings. The topological polar surface area (TPSA) is 67.9 Å². The number of anilines is 1. The number of benzene rings is 1. The van der Waals surface area contributed by atoms with Gasteiger partial charge in [-0.3, -0.25) is 9.59 Å². The van der Waals surface area contributed by atoms with Gasteiger partial charge in [-0.2, -0.15) is 0 Å². The van der Waals surface area contributed by atoms with Gasteiger partial charge in [0.15, 0.2) is 0 Å². The van der Waals surface area contributed by atoms with E-state index in [-0.39, 0.29) is 23.8 Å². The van der Waals surface area contributed by atoms with Crippen LogP contribution in [0.5, 0.6) is 5.75 Å². The molecule has 1 saturated heterocycles. The van der Waals surface area contributed by atoms with Crippen molar-refractivity contribution in [3.63, 3.8) is 0 Å². The molecule has 2 heterocycles. The predicted octanol–water partition coefficient (Wildman–Crippen LogP) is 3.93. The first-order valence-corrected chi connectivity index (χ1v) is 10.9. The zero-order valence-corrected chi connectivity index (χ0v) is 17.4. The van der Waals surface area contributed by atoms with Crippen LogP contribution in [0.15, 0.2) is 36.4 Å². The highest BCUT2D eigenvalue weighted by Gasteiger charge is 2.30. The molecule has 6 nitrogen and oxygen atoms in total. The quantitative estimate of drug-likeness (QED) is 0.711. The summed E-state index contributed by atoms with van der Waals surface area (Å²) >= 11 is 1.33. The van der Waals surface area contributed by atoms with Gasteiger partial charge in [0.2, 0.25) is 5.91 Å². The fraction of sp³-hybridized carbons (Fsp3) is 0.455. The van der Waals surface area contributed by atoms with E-state index in [2.05, 4.69) is 5.32 Å². The molecule has 0 radical (unpaired) electrons. The third-order valence-corrected chi connectivity index (χ3v) is 6.24. The van der Waals surface area contributed by atoms with E-state index in [1.807, 2.05) is 35.2 Å². The van der Waals surface area contributed by atoms with Gasteiger partial charge in [-0.15, -0.1) is 11.3 Å². The molecule has 4 rings (SSSR count). The molecule has 29 heavy (non-hydrogen) atoms. The van der Waals surface area contributed by atoms with E-state index in [1.54, 1.807) is 13.2 Å². The highest BCUT2D eigenvalue weighted by atomic mass is 32.1. The van der Waals surface area contributed by atoms with E-state index < -0.39 is 0 Å². The van der Waals surface area contributed by atoms with E-state index in [0.29, 0.717) is 18.0 Å². The fourth-order valence-corrected chi connectivity index (χ4v) is 4.37. The SMILES string of the molecule is COc1cccc(CN(CC2CCCO2)C(=O)c2ccc(NC(=O)C3CC3)s2)c1. The van der Waals surface area contributed by atoms with Crippen LogP contribution in [-0.2, 0) is 16.1 Å². The minimum absolute atomic E-state index is 0.0414. The second-order valence-corrected chi connectivity index (χ2v) is 8.68. The van der Waals surface area contributed by atoms with Crippen molar-refractivity contribution >= 4 is 28.2 Å². The first kappa shape index (κ1) is 19.9. The second kappa shape index (κ2) is 8.97. The van der Waals surface area contributed by atoms with Gasteiger partial charge in [0.1, 0.15) is 5.75 Å². The summed E-state index contributed by atoms with van der Waals surface area (Å²) in [6.45, 7) is 1.79. The van der Waals surface area contributed by atoms with Crippen molar-refractivity contribution in [3.05, 3.63) is 46.8 Å². The van der Waals surface area contributed by atoms with Gasteiger partial charge in [0.05, 0.1) is 23.1 Å². The maximum atomic E-state index is 13.3. The average molecular weight is 415 g/mol. The van der Waals surface area contributed by atoms with Gasteiger partial charge in [-0.1, -0.05) is 12.1 Å². The Bertz CT molecular complexity index is 871. The molecule has 7 heteroatoms. The van der Waals surface area contributed by atoms with Gasteiger partial charge >= 0.3 is 0 Å². The molecule has 0 bridgehead atoms. The summed E-state index contributed by atoms with van der Waals surface area (Å²) in [7, 11) is 1.64. The van der Waals surface area contributed by atoms with Crippen LogP contribution in [0.2, 0.25) is 0 Å². The molecule has 154 valence electrons. The zero-order valence-electron chi connectivity index (χ0n) is 16.6. The highest BCUT2D eigenvalue weighted by molar-refractivity contribution is 7.18. The number of amides is 2. The van der Waals surface area contributed by atoms with Crippen LogP contribution in [0.3, 0.4) is 0 Å². The van der Waals surface area contributed by atoms with Crippen LogP contribution in [-0.4, -0.2) is 43.1 Å². The van der Waals surface area contributed by atoms with Crippen LogP contribution in [0.1, 0.15) is 40.9 Å². The van der Waals surface area contributed by atoms with Crippen LogP contribution in [0, 0.1) is 5.92 Å². The molecule has 2 aliphatic rings. The number of carbonyl (C=O) groups is 2. The molecule has 1 N–H and O–H groups in total. The molecular formula is C22H26N2O4S. The van der Waals surface area contributed by atoms with Crippen molar-refractivity contribution in [2.75, 3.05) is 25.6 Å². The number of hydrogen-bond acceptors (Lipinski definition) is 5. The van der Waals surface area contributed by atoms with Crippen molar-refractivity contribution in [1.29, 1.82) is 0 Å². The normalized spacial score (nSPS) is 18.4. The van der Waals surface area contributed by atoms with E-state index >= 15 is 0 Å². The standard InChI is InChI=1S/C22H26N2O4S/c1-27-17-5-2-4-15(12-17)13-24(14-18-6-3-11-28-18)22(26)19-9-10-20(29-19)23-21(25)16-7-8-16/h2,4-5,9-10,12,16,18H,3,6-8,11,13-14H2,1H3,(H,23,25). The number of nitrogens with zero attached hydrogens (tertiary/aromatic N) is 1. The number of rotatable bonds is 8. The van der Waals surface area contributed by atoms with Crippen LogP contribution < -0.4 is 10.1 Å². The van der Waals surface area contributed by atoms with Gasteiger partial charge in [0, 0.05) is 25.6 Å². The Labute approximate surface area is 174 Å². The van der Waals surface area contributed by atoms with Crippen LogP contribution in [0.25, 0.3) is 0 Å². The second-order valence-electron chi connectivity index (χ2n) is 7.60. The molecule has 1 aromatic heterocycles. The van der Waals surface area contributed by atoms with Crippen molar-refractivity contribution in [2.45, 2.75) is 38.3 Å². The Balaban J connectivity index is 1.48. The molecule has 1 unspecified atom stereocenters. The van der Waals surface area contributed by atoms with Crippen molar-refractivity contribution in [1.82, 2.24) is 4.90 Å². The van der Waals surface area contributed by atoms with Crippen molar-refractivity contribution in [2.24, 2.45) is 5.92 Å². The summed E-state index contributed by atoms with van der Waals surface area (Å²) in [5, 5.41) is 3.65. The monoisotopic (exact) mass is 414 g/mol. The molecule has 0 spiro atoms. The van der Waals surface area contributed by atoms with E-state index in [9.17, 15) is 9.59 Å². The summed E-state index contributed by atoms with van der Waals surface area (Å²) in [6, 6.07) is 11.4. The first-order chi connectivity index (χ1) is 14.1. The first-order valence-electron chi connectivity index (χ1n) is 10.1. The summed E-state index contributed by atoms with van der Waals surface area (Å²) in [5.41, 5.74) is 1.01. The van der Waals surface area contributed by atoms with Gasteiger partial charge in [0.25, 0.3) is 5.91 Å². The van der Waals surface area contributed by atoms with Crippen LogP contribution in [0.4, 0.5) is 5.00 Å². The van der Waals surface area contributed by atoms with Crippen LogP contribution >= 0.6 is 11.3 Å². The lowest BCUT2D eigenvalue weighted by molar-refractivity contribution is -0.117. The molecule has 2 amide bonds. The molecule has 1 aliphatic carbocycles. The molecule has 1 aliphatic heterocycles. The Morgan fingerprint density at radius 1 is 1.24 bits per heavy atom. The molecule has 1 aromatic carbocycles. The van der Waals surface area contributed by atoms with E-state index in [0.717, 1.165) is 48.6 Å². The Kier molecular flexibility index (Phi) is 6.16. The zero-order chi connectivity index (χ0) is 20.2. The van der Waals surface area contributed by atoms with Gasteiger partial charge < -0.3 is 19.7 Å². The number of nitrogens with one attached hydrogen (secondary N) is 1. The summed E-state index contributed by atoms with van der Waals surface area (Å²) in [5.74, 6) is 0.923. The lowest BCUT2D eigenvalue weighted by Gasteiger charge is -2.25. The Hall–Kier alpha value is -2.38. The summed E-state index contributed by atoms with van der Waals surface area (Å²) in [4.78, 5) is 27.7. The third-order valence-electron chi connectivity index (χ3n) is 5.25. The summed E-state index contributed by atoms with van der Waals surface area (Å²) in [6.07, 6.45) is 3.98. The fourth-order valence-electron chi connectivity index (χ4n) is 3.49. The molecular weight excluding hydrogens is 388 g/mol. The molecule has 1 saturated carbocycles. The predicted molar refractivity (Wildman–Crippen MR) is 112 cm³/mol. The Morgan fingerprint density at radius 3 is 2.83 bits per heavy atom. The molecule has 1 atom stereocenters. The molecule has 2 fully saturated rings. The Morgan fingerprint density at radius 2 is 2.10 bits per heavy atom. The lowest BCUT2D eigenvalue weighted by Crippen LogP contribution is -2.36. The van der Waals surface area contributed by atoms with Crippen molar-refractivity contribution < 1.29 is 19.1 Å². The van der Waals surface area contributed by atoms with Gasteiger partial charge in [-0.25, -0.2) is 0 Å². The number of ether oxygens (including phenoxy) is 2. The largest absolute Gasteiger partial charge is 0.497 e. The van der Waals surface area contributed by atoms with Crippen molar-refractivity contribution in [3.8, 4) is 5.75 Å². The number of methoxy groups -OCH3 is 1. The van der Waals surface area contributed by atoms with Gasteiger partial charge in [-0.05, 0) is 55.5 Å². The minimum Gasteiger partial charge on any atom is -0.497 e. The van der Waals surface area contributed by atoms with E-state index in [4.69, 9.17) is 9.47 Å². The average Bonchev–Trinajstić information content (AvgIpc) is 3.27. The summed E-state index contributed by atoms with van der Waals surface area (Å²) < 4.78 is 11.1. The lowest BCUT2D eigenvalue weighted by atomic mass is 10.1. The number of carbonyl (C=O) groups excluding carboxylic acids is 2. The number of thiophene rings is 1. The maximum absolute atomic E-state index is 13.3. The van der Waals surface area contributed by atoms with E-state index in [1.165, 1.54) is 11.3 Å².